The van der Waals surface area contributed by atoms with Gasteiger partial charge in [0.2, 0.25) is 5.91 Å². The Balaban J connectivity index is 1.71. The van der Waals surface area contributed by atoms with Crippen LogP contribution >= 0.6 is 0 Å². The van der Waals surface area contributed by atoms with Gasteiger partial charge in [-0.05, 0) is 30.2 Å². The Bertz CT molecular complexity index is 722. The minimum atomic E-state index is -0.276. The number of para-hydroxylation sites is 1. The summed E-state index contributed by atoms with van der Waals surface area (Å²) in [6.45, 7) is 2.45. The molecule has 6 heteroatoms. The Morgan fingerprint density at radius 2 is 1.73 bits per heavy atom. The summed E-state index contributed by atoms with van der Waals surface area (Å²) in [5.41, 5.74) is 0.569. The van der Waals surface area contributed by atoms with Gasteiger partial charge in [-0.2, -0.15) is 0 Å². The molecule has 0 saturated carbocycles. The lowest BCUT2D eigenvalue weighted by Gasteiger charge is -2.21. The highest BCUT2D eigenvalue weighted by Crippen LogP contribution is 2.08. The van der Waals surface area contributed by atoms with Crippen molar-refractivity contribution >= 4 is 11.8 Å². The molecule has 0 fully saturated rings. The second-order valence-corrected chi connectivity index (χ2v) is 5.80. The van der Waals surface area contributed by atoms with Gasteiger partial charge < -0.3 is 15.0 Å². The Labute approximate surface area is 152 Å². The lowest BCUT2D eigenvalue weighted by molar-refractivity contribution is -0.129. The maximum atomic E-state index is 13.6. The number of nitrogens with one attached hydrogen (secondary N) is 1. The van der Waals surface area contributed by atoms with E-state index in [0.717, 1.165) is 0 Å². The molecular formula is C20H23FN2O3. The van der Waals surface area contributed by atoms with Crippen LogP contribution < -0.4 is 10.1 Å². The molecule has 0 aromatic heterocycles. The summed E-state index contributed by atoms with van der Waals surface area (Å²) in [5.74, 6) is -0.0251. The number of halogens is 1. The normalized spacial score (nSPS) is 10.2. The molecule has 0 aliphatic heterocycles. The molecule has 0 unspecified atom stereocenters. The van der Waals surface area contributed by atoms with Gasteiger partial charge >= 0.3 is 0 Å². The number of ether oxygens (including phenoxy) is 1. The summed E-state index contributed by atoms with van der Waals surface area (Å²) >= 11 is 0. The molecular weight excluding hydrogens is 335 g/mol. The lowest BCUT2D eigenvalue weighted by atomic mass is 10.1. The van der Waals surface area contributed by atoms with E-state index in [1.54, 1.807) is 35.2 Å². The molecule has 0 heterocycles. The van der Waals surface area contributed by atoms with Gasteiger partial charge in [-0.3, -0.25) is 9.59 Å². The van der Waals surface area contributed by atoms with Crippen molar-refractivity contribution in [3.8, 4) is 5.75 Å². The first-order valence-corrected chi connectivity index (χ1v) is 8.49. The molecule has 0 saturated heterocycles. The first kappa shape index (κ1) is 19.4. The molecule has 0 aliphatic carbocycles. The highest BCUT2D eigenvalue weighted by molar-refractivity contribution is 5.77. The van der Waals surface area contributed by atoms with E-state index in [1.165, 1.54) is 13.0 Å². The molecule has 138 valence electrons. The summed E-state index contributed by atoms with van der Waals surface area (Å²) in [7, 11) is 0. The van der Waals surface area contributed by atoms with E-state index in [2.05, 4.69) is 5.32 Å². The number of carbonyl (C=O) groups is 2. The predicted molar refractivity (Wildman–Crippen MR) is 97.3 cm³/mol. The summed E-state index contributed by atoms with van der Waals surface area (Å²) in [6.07, 6.45) is 0.428. The van der Waals surface area contributed by atoms with Gasteiger partial charge in [-0.15, -0.1) is 0 Å². The van der Waals surface area contributed by atoms with Crippen LogP contribution in [0.3, 0.4) is 0 Å². The second-order valence-electron chi connectivity index (χ2n) is 5.80. The van der Waals surface area contributed by atoms with Crippen LogP contribution in [-0.2, 0) is 16.0 Å². The minimum Gasteiger partial charge on any atom is -0.484 e. The van der Waals surface area contributed by atoms with Gasteiger partial charge in [0.1, 0.15) is 11.6 Å². The molecule has 2 amide bonds. The quantitative estimate of drug-likeness (QED) is 0.749. The second kappa shape index (κ2) is 10.2. The Morgan fingerprint density at radius 1 is 1.04 bits per heavy atom. The van der Waals surface area contributed by atoms with Crippen LogP contribution in [0.25, 0.3) is 0 Å². The average molecular weight is 358 g/mol. The van der Waals surface area contributed by atoms with Crippen LogP contribution in [0.2, 0.25) is 0 Å². The Kier molecular flexibility index (Phi) is 7.61. The summed E-state index contributed by atoms with van der Waals surface area (Å²) < 4.78 is 19.0. The van der Waals surface area contributed by atoms with Gasteiger partial charge in [0.05, 0.1) is 0 Å². The lowest BCUT2D eigenvalue weighted by Crippen LogP contribution is -2.39. The molecule has 2 rings (SSSR count). The fourth-order valence-electron chi connectivity index (χ4n) is 2.43. The molecule has 0 atom stereocenters. The molecule has 1 N–H and O–H groups in total. The van der Waals surface area contributed by atoms with E-state index < -0.39 is 0 Å². The number of rotatable bonds is 9. The highest BCUT2D eigenvalue weighted by Gasteiger charge is 2.11. The van der Waals surface area contributed by atoms with Crippen LogP contribution in [0.4, 0.5) is 4.39 Å². The van der Waals surface area contributed by atoms with E-state index >= 15 is 0 Å². The fraction of sp³-hybridized carbons (Fsp3) is 0.300. The van der Waals surface area contributed by atoms with Gasteiger partial charge in [-0.1, -0.05) is 36.4 Å². The van der Waals surface area contributed by atoms with Crippen LogP contribution in [0.1, 0.15) is 12.5 Å². The maximum absolute atomic E-state index is 13.6. The van der Waals surface area contributed by atoms with Gasteiger partial charge in [0.15, 0.2) is 6.61 Å². The number of benzene rings is 2. The van der Waals surface area contributed by atoms with E-state index in [4.69, 9.17) is 4.74 Å². The zero-order valence-electron chi connectivity index (χ0n) is 14.8. The van der Waals surface area contributed by atoms with Crippen molar-refractivity contribution in [3.05, 3.63) is 66.0 Å². The molecule has 2 aromatic carbocycles. The largest absolute Gasteiger partial charge is 0.484 e. The van der Waals surface area contributed by atoms with Crippen molar-refractivity contribution in [1.29, 1.82) is 0 Å². The van der Waals surface area contributed by atoms with Crippen molar-refractivity contribution in [2.45, 2.75) is 13.3 Å². The molecule has 0 spiro atoms. The van der Waals surface area contributed by atoms with E-state index in [1.807, 2.05) is 18.2 Å². The number of hydrogen-bond donors (Lipinski definition) is 1. The topological polar surface area (TPSA) is 58.6 Å². The van der Waals surface area contributed by atoms with Crippen molar-refractivity contribution in [1.82, 2.24) is 10.2 Å². The summed E-state index contributed by atoms with van der Waals surface area (Å²) in [4.78, 5) is 25.1. The molecule has 0 bridgehead atoms. The number of hydrogen-bond acceptors (Lipinski definition) is 3. The number of nitrogens with zero attached hydrogens (tertiary/aromatic N) is 1. The first-order valence-electron chi connectivity index (χ1n) is 8.49. The third-order valence-corrected chi connectivity index (χ3v) is 3.87. The van der Waals surface area contributed by atoms with Crippen molar-refractivity contribution < 1.29 is 18.7 Å². The smallest absolute Gasteiger partial charge is 0.258 e. The van der Waals surface area contributed by atoms with E-state index in [-0.39, 0.29) is 24.2 Å². The Morgan fingerprint density at radius 3 is 2.42 bits per heavy atom. The fourth-order valence-corrected chi connectivity index (χ4v) is 2.43. The van der Waals surface area contributed by atoms with Crippen LogP contribution in [0.15, 0.2) is 54.6 Å². The Hall–Kier alpha value is -2.89. The zero-order valence-corrected chi connectivity index (χ0v) is 14.8. The molecule has 2 aromatic rings. The number of amides is 2. The van der Waals surface area contributed by atoms with Gasteiger partial charge in [-0.25, -0.2) is 4.39 Å². The third kappa shape index (κ3) is 6.55. The molecule has 26 heavy (non-hydrogen) atoms. The van der Waals surface area contributed by atoms with E-state index in [0.29, 0.717) is 37.4 Å². The molecule has 0 radical (unpaired) electrons. The van der Waals surface area contributed by atoms with Crippen LogP contribution in [-0.4, -0.2) is 43.0 Å². The average Bonchev–Trinajstić information content (AvgIpc) is 2.64. The minimum absolute atomic E-state index is 0.0840. The monoisotopic (exact) mass is 358 g/mol. The SMILES string of the molecule is CC(=O)N(CCNC(=O)COc1ccccc1)CCc1ccccc1F. The van der Waals surface area contributed by atoms with Gasteiger partial charge in [0, 0.05) is 26.6 Å². The zero-order chi connectivity index (χ0) is 18.8. The third-order valence-electron chi connectivity index (χ3n) is 3.87. The van der Waals surface area contributed by atoms with E-state index in [9.17, 15) is 14.0 Å². The predicted octanol–water partition coefficient (Wildman–Crippen LogP) is 2.41. The van der Waals surface area contributed by atoms with Crippen LogP contribution in [0.5, 0.6) is 5.75 Å². The maximum Gasteiger partial charge on any atom is 0.258 e. The standard InChI is InChI=1S/C20H23FN2O3/c1-16(24)23(13-11-17-7-5-6-10-19(17)21)14-12-22-20(25)15-26-18-8-3-2-4-9-18/h2-10H,11-15H2,1H3,(H,22,25). The number of carbonyl (C=O) groups excluding carboxylic acids is 2. The van der Waals surface area contributed by atoms with Crippen molar-refractivity contribution in [2.75, 3.05) is 26.2 Å². The summed E-state index contributed by atoms with van der Waals surface area (Å²) in [5, 5.41) is 2.72. The van der Waals surface area contributed by atoms with Crippen LogP contribution in [0, 0.1) is 5.82 Å². The molecule has 5 nitrogen and oxygen atoms in total. The molecule has 0 aliphatic rings. The van der Waals surface area contributed by atoms with Gasteiger partial charge in [0.25, 0.3) is 5.91 Å². The highest BCUT2D eigenvalue weighted by atomic mass is 19.1. The first-order chi connectivity index (χ1) is 12.6. The van der Waals surface area contributed by atoms with Crippen molar-refractivity contribution in [2.24, 2.45) is 0 Å². The van der Waals surface area contributed by atoms with Crippen molar-refractivity contribution in [3.63, 3.8) is 0 Å². The summed E-state index contributed by atoms with van der Waals surface area (Å²) in [6, 6.07) is 15.6.